The van der Waals surface area contributed by atoms with Crippen molar-refractivity contribution in [2.75, 3.05) is 13.1 Å². The Morgan fingerprint density at radius 2 is 1.29 bits per heavy atom. The molecule has 0 heterocycles. The van der Waals surface area contributed by atoms with Gasteiger partial charge in [0.2, 0.25) is 0 Å². The fourth-order valence-electron chi connectivity index (χ4n) is 1.48. The maximum atomic E-state index is 9.26. The third-order valence-corrected chi connectivity index (χ3v) is 2.63. The molecule has 0 saturated carbocycles. The zero-order valence-corrected chi connectivity index (χ0v) is 9.71. The van der Waals surface area contributed by atoms with Crippen molar-refractivity contribution in [2.24, 2.45) is 0 Å². The molecular weight excluding hydrogens is 178 g/mol. The second-order valence-electron chi connectivity index (χ2n) is 4.04. The molecule has 0 aromatic rings. The minimum Gasteiger partial charge on any atom is -0.182 e. The van der Waals surface area contributed by atoms with Crippen LogP contribution in [-0.4, -0.2) is 28.3 Å². The molecular formula is C11H26NO2+. The number of hydrogen-bond acceptors (Lipinski definition) is 2. The first-order valence-corrected chi connectivity index (χ1v) is 5.95. The molecule has 0 saturated heterocycles. The van der Waals surface area contributed by atoms with Crippen molar-refractivity contribution >= 4 is 0 Å². The van der Waals surface area contributed by atoms with Crippen LogP contribution in [0.1, 0.15) is 58.8 Å². The predicted molar refractivity (Wildman–Crippen MR) is 57.2 cm³/mol. The molecule has 0 aliphatic heterocycles. The van der Waals surface area contributed by atoms with Crippen molar-refractivity contribution in [1.82, 2.24) is 0 Å². The molecule has 0 spiro atoms. The second kappa shape index (κ2) is 8.21. The quantitative estimate of drug-likeness (QED) is 0.343. The number of unbranched alkanes of at least 4 members (excludes halogenated alkanes) is 6. The summed E-state index contributed by atoms with van der Waals surface area (Å²) < 4.78 is 0. The van der Waals surface area contributed by atoms with Gasteiger partial charge in [0.1, 0.15) is 13.1 Å². The zero-order valence-electron chi connectivity index (χ0n) is 9.71. The van der Waals surface area contributed by atoms with Crippen molar-refractivity contribution in [3.8, 4) is 0 Å². The van der Waals surface area contributed by atoms with Crippen LogP contribution in [0.15, 0.2) is 0 Å². The molecule has 3 heteroatoms. The first kappa shape index (κ1) is 13.9. The lowest BCUT2D eigenvalue weighted by Gasteiger charge is -2.18. The van der Waals surface area contributed by atoms with E-state index in [-0.39, 0.29) is 0 Å². The Hall–Kier alpha value is -0.120. The van der Waals surface area contributed by atoms with E-state index in [9.17, 15) is 10.4 Å². The average molecular weight is 204 g/mol. The van der Waals surface area contributed by atoms with Crippen molar-refractivity contribution in [3.05, 3.63) is 0 Å². The highest BCUT2D eigenvalue weighted by Crippen LogP contribution is 2.08. The fourth-order valence-corrected chi connectivity index (χ4v) is 1.48. The molecule has 0 aromatic heterocycles. The standard InChI is InChI=1S/C11H26NO2/c1-3-5-6-7-8-9-10-11-12(13,14)4-2/h13-14H,3-11H2,1-2H3/q+1. The Kier molecular flexibility index (Phi) is 8.14. The minimum absolute atomic E-state index is 0.371. The minimum atomic E-state index is -0.811. The van der Waals surface area contributed by atoms with E-state index in [1.165, 1.54) is 32.1 Å². The summed E-state index contributed by atoms with van der Waals surface area (Å²) in [5.74, 6) is 0. The molecule has 14 heavy (non-hydrogen) atoms. The predicted octanol–water partition coefficient (Wildman–Crippen LogP) is 3.35. The van der Waals surface area contributed by atoms with Crippen LogP contribution in [0.5, 0.6) is 0 Å². The van der Waals surface area contributed by atoms with E-state index in [4.69, 9.17) is 0 Å². The van der Waals surface area contributed by atoms with Crippen LogP contribution in [0.2, 0.25) is 0 Å². The van der Waals surface area contributed by atoms with Crippen LogP contribution >= 0.6 is 0 Å². The highest BCUT2D eigenvalue weighted by Gasteiger charge is 2.17. The van der Waals surface area contributed by atoms with Gasteiger partial charge in [-0.2, -0.15) is 10.4 Å². The van der Waals surface area contributed by atoms with E-state index in [1.807, 2.05) is 0 Å². The molecule has 0 rings (SSSR count). The maximum absolute atomic E-state index is 9.26. The molecule has 0 aliphatic carbocycles. The van der Waals surface area contributed by atoms with Gasteiger partial charge in [-0.3, -0.25) is 0 Å². The Morgan fingerprint density at radius 3 is 1.79 bits per heavy atom. The Labute approximate surface area is 87.9 Å². The monoisotopic (exact) mass is 204 g/mol. The zero-order chi connectivity index (χ0) is 10.9. The molecule has 0 aromatic carbocycles. The van der Waals surface area contributed by atoms with Gasteiger partial charge in [-0.1, -0.05) is 39.0 Å². The van der Waals surface area contributed by atoms with Crippen LogP contribution in [-0.2, 0) is 0 Å². The molecule has 0 amide bonds. The second-order valence-corrected chi connectivity index (χ2v) is 4.04. The SMILES string of the molecule is CCCCCCCCC[N+](O)(O)CC. The van der Waals surface area contributed by atoms with Gasteiger partial charge in [-0.05, 0) is 18.2 Å². The van der Waals surface area contributed by atoms with E-state index in [0.717, 1.165) is 12.8 Å². The van der Waals surface area contributed by atoms with Crippen LogP contribution in [0.4, 0.5) is 0 Å². The lowest BCUT2D eigenvalue weighted by atomic mass is 10.1. The summed E-state index contributed by atoms with van der Waals surface area (Å²) in [7, 11) is 0. The molecule has 0 unspecified atom stereocenters. The summed E-state index contributed by atoms with van der Waals surface area (Å²) in [6.45, 7) is 4.83. The van der Waals surface area contributed by atoms with Crippen molar-refractivity contribution < 1.29 is 15.2 Å². The van der Waals surface area contributed by atoms with Gasteiger partial charge in [-0.15, -0.1) is 0 Å². The van der Waals surface area contributed by atoms with Gasteiger partial charge in [-0.25, -0.2) is 0 Å². The van der Waals surface area contributed by atoms with Gasteiger partial charge in [0, 0.05) is 6.42 Å². The fraction of sp³-hybridized carbons (Fsp3) is 1.00. The normalized spacial score (nSPS) is 12.0. The molecule has 0 aliphatic rings. The molecule has 3 nitrogen and oxygen atoms in total. The number of quaternary nitrogens is 1. The number of rotatable bonds is 9. The van der Waals surface area contributed by atoms with Gasteiger partial charge in [0.15, 0.2) is 0 Å². The van der Waals surface area contributed by atoms with Gasteiger partial charge >= 0.3 is 0 Å². The Balaban J connectivity index is 3.13. The largest absolute Gasteiger partial charge is 0.182 e. The van der Waals surface area contributed by atoms with Crippen LogP contribution < -0.4 is 0 Å². The first-order chi connectivity index (χ1) is 6.62. The number of hydroxylamine groups is 4. The highest BCUT2D eigenvalue weighted by atomic mass is 16.8. The Morgan fingerprint density at radius 1 is 0.786 bits per heavy atom. The van der Waals surface area contributed by atoms with E-state index in [0.29, 0.717) is 13.1 Å². The van der Waals surface area contributed by atoms with Crippen LogP contribution in [0, 0.1) is 0 Å². The summed E-state index contributed by atoms with van der Waals surface area (Å²) in [4.78, 5) is -0.811. The third-order valence-electron chi connectivity index (χ3n) is 2.63. The Bertz CT molecular complexity index is 126. The summed E-state index contributed by atoms with van der Waals surface area (Å²) in [5, 5.41) is 18.5. The number of hydrogen-bond donors (Lipinski definition) is 2. The van der Waals surface area contributed by atoms with E-state index < -0.39 is 4.81 Å². The van der Waals surface area contributed by atoms with Gasteiger partial charge in [0.25, 0.3) is 0 Å². The lowest BCUT2D eigenvalue weighted by Crippen LogP contribution is -2.41. The summed E-state index contributed by atoms with van der Waals surface area (Å²) in [6, 6.07) is 0. The van der Waals surface area contributed by atoms with Gasteiger partial charge < -0.3 is 0 Å². The molecule has 2 N–H and O–H groups in total. The summed E-state index contributed by atoms with van der Waals surface area (Å²) in [5.41, 5.74) is 0. The first-order valence-electron chi connectivity index (χ1n) is 5.95. The van der Waals surface area contributed by atoms with Crippen LogP contribution in [0.25, 0.3) is 0 Å². The number of nitrogens with zero attached hydrogens (tertiary/aromatic N) is 1. The van der Waals surface area contributed by atoms with Crippen LogP contribution in [0.3, 0.4) is 0 Å². The molecule has 0 bridgehead atoms. The molecule has 86 valence electrons. The molecule has 0 atom stereocenters. The summed E-state index contributed by atoms with van der Waals surface area (Å²) in [6.07, 6.45) is 8.47. The van der Waals surface area contributed by atoms with Gasteiger partial charge in [0.05, 0.1) is 0 Å². The smallest absolute Gasteiger partial charge is 0.142 e. The topological polar surface area (TPSA) is 40.5 Å². The highest BCUT2D eigenvalue weighted by molar-refractivity contribution is 4.43. The lowest BCUT2D eigenvalue weighted by molar-refractivity contribution is -1.24. The molecule has 0 fully saturated rings. The summed E-state index contributed by atoms with van der Waals surface area (Å²) >= 11 is 0. The van der Waals surface area contributed by atoms with Crippen molar-refractivity contribution in [3.63, 3.8) is 0 Å². The third kappa shape index (κ3) is 8.48. The van der Waals surface area contributed by atoms with Crippen molar-refractivity contribution in [1.29, 1.82) is 0 Å². The van der Waals surface area contributed by atoms with Crippen molar-refractivity contribution in [2.45, 2.75) is 58.8 Å². The maximum Gasteiger partial charge on any atom is 0.142 e. The van der Waals surface area contributed by atoms with E-state index in [1.54, 1.807) is 6.92 Å². The van der Waals surface area contributed by atoms with E-state index in [2.05, 4.69) is 6.92 Å². The van der Waals surface area contributed by atoms with E-state index >= 15 is 0 Å². The average Bonchev–Trinajstić information content (AvgIpc) is 2.16. The molecule has 0 radical (unpaired) electrons.